The fourth-order valence-corrected chi connectivity index (χ4v) is 1.77. The summed E-state index contributed by atoms with van der Waals surface area (Å²) in [5, 5.41) is 0. The molecule has 0 N–H and O–H groups in total. The Labute approximate surface area is 78.1 Å². The van der Waals surface area contributed by atoms with Gasteiger partial charge < -0.3 is 0 Å². The second-order valence-corrected chi connectivity index (χ2v) is 3.70. The molecule has 0 spiro atoms. The normalized spacial score (nSPS) is 16.7. The van der Waals surface area contributed by atoms with Crippen LogP contribution in [0.2, 0.25) is 0 Å². The van der Waals surface area contributed by atoms with Crippen molar-refractivity contribution in [2.24, 2.45) is 11.8 Å². The van der Waals surface area contributed by atoms with E-state index >= 15 is 0 Å². The summed E-state index contributed by atoms with van der Waals surface area (Å²) >= 11 is 0. The molecule has 2 unspecified atom stereocenters. The van der Waals surface area contributed by atoms with Crippen molar-refractivity contribution in [1.82, 2.24) is 0 Å². The molecule has 0 saturated heterocycles. The molecule has 0 fully saturated rings. The lowest BCUT2D eigenvalue weighted by atomic mass is 9.87. The Morgan fingerprint density at radius 1 is 1.25 bits per heavy atom. The molecule has 0 rings (SSSR count). The number of hydrogen-bond donors (Lipinski definition) is 0. The van der Waals surface area contributed by atoms with Gasteiger partial charge in [0.2, 0.25) is 0 Å². The van der Waals surface area contributed by atoms with Gasteiger partial charge in [0.25, 0.3) is 0 Å². The van der Waals surface area contributed by atoms with Gasteiger partial charge in [-0.3, -0.25) is 0 Å². The predicted molar refractivity (Wildman–Crippen MR) is 57.3 cm³/mol. The number of unbranched alkanes of at least 4 members (excludes halogenated alkanes) is 1. The summed E-state index contributed by atoms with van der Waals surface area (Å²) in [5.74, 6) is 1.67. The van der Waals surface area contributed by atoms with Crippen molar-refractivity contribution in [3.8, 4) is 0 Å². The minimum Gasteiger partial charge on any atom is -0.0914 e. The molecule has 0 aliphatic rings. The SMILES string of the molecule is CC=CC(C)C(CC)CCCC. The van der Waals surface area contributed by atoms with Crippen LogP contribution < -0.4 is 0 Å². The van der Waals surface area contributed by atoms with E-state index in [0.717, 1.165) is 11.8 Å². The lowest BCUT2D eigenvalue weighted by Gasteiger charge is -2.19. The molecule has 0 aromatic carbocycles. The molecule has 72 valence electrons. The molecular weight excluding hydrogens is 144 g/mol. The Kier molecular flexibility index (Phi) is 7.23. The van der Waals surface area contributed by atoms with E-state index in [1.165, 1.54) is 25.7 Å². The molecule has 0 nitrogen and oxygen atoms in total. The topological polar surface area (TPSA) is 0 Å². The van der Waals surface area contributed by atoms with Gasteiger partial charge in [0, 0.05) is 0 Å². The van der Waals surface area contributed by atoms with Crippen molar-refractivity contribution in [3.63, 3.8) is 0 Å². The molecule has 12 heavy (non-hydrogen) atoms. The highest BCUT2D eigenvalue weighted by atomic mass is 14.2. The minimum absolute atomic E-state index is 0.770. The third-order valence-electron chi connectivity index (χ3n) is 2.69. The minimum atomic E-state index is 0.770. The lowest BCUT2D eigenvalue weighted by Crippen LogP contribution is -2.08. The number of hydrogen-bond acceptors (Lipinski definition) is 0. The van der Waals surface area contributed by atoms with Gasteiger partial charge in [-0.1, -0.05) is 52.2 Å². The summed E-state index contributed by atoms with van der Waals surface area (Å²) in [6, 6.07) is 0. The maximum absolute atomic E-state index is 2.34. The van der Waals surface area contributed by atoms with E-state index in [-0.39, 0.29) is 0 Å². The van der Waals surface area contributed by atoms with Crippen LogP contribution in [0, 0.1) is 11.8 Å². The van der Waals surface area contributed by atoms with Crippen LogP contribution in [0.15, 0.2) is 12.2 Å². The Bertz CT molecular complexity index is 113. The second-order valence-electron chi connectivity index (χ2n) is 3.70. The van der Waals surface area contributed by atoms with Crippen molar-refractivity contribution >= 4 is 0 Å². The fourth-order valence-electron chi connectivity index (χ4n) is 1.77. The third-order valence-corrected chi connectivity index (χ3v) is 2.69. The zero-order chi connectivity index (χ0) is 9.40. The van der Waals surface area contributed by atoms with Gasteiger partial charge in [-0.2, -0.15) is 0 Å². The molecule has 0 amide bonds. The average Bonchev–Trinajstić information content (AvgIpc) is 2.06. The van der Waals surface area contributed by atoms with Gasteiger partial charge in [-0.05, 0) is 25.2 Å². The van der Waals surface area contributed by atoms with Crippen LogP contribution in [0.25, 0.3) is 0 Å². The van der Waals surface area contributed by atoms with Gasteiger partial charge in [-0.15, -0.1) is 0 Å². The third kappa shape index (κ3) is 4.58. The first-order valence-corrected chi connectivity index (χ1v) is 5.39. The van der Waals surface area contributed by atoms with Crippen LogP contribution >= 0.6 is 0 Å². The molecule has 0 bridgehead atoms. The van der Waals surface area contributed by atoms with Crippen molar-refractivity contribution < 1.29 is 0 Å². The highest BCUT2D eigenvalue weighted by Gasteiger charge is 2.11. The molecule has 0 aromatic heterocycles. The average molecular weight is 168 g/mol. The second kappa shape index (κ2) is 7.39. The molecule has 0 aromatic rings. The summed E-state index contributed by atoms with van der Waals surface area (Å²) < 4.78 is 0. The summed E-state index contributed by atoms with van der Waals surface area (Å²) in [6.07, 6.45) is 9.96. The van der Waals surface area contributed by atoms with Crippen LogP contribution in [0.1, 0.15) is 53.4 Å². The van der Waals surface area contributed by atoms with Crippen molar-refractivity contribution in [1.29, 1.82) is 0 Å². The zero-order valence-electron chi connectivity index (χ0n) is 9.14. The quantitative estimate of drug-likeness (QED) is 0.515. The summed E-state index contributed by atoms with van der Waals surface area (Å²) in [6.45, 7) is 9.03. The van der Waals surface area contributed by atoms with Crippen LogP contribution in [0.3, 0.4) is 0 Å². The summed E-state index contributed by atoms with van der Waals surface area (Å²) in [4.78, 5) is 0. The lowest BCUT2D eigenvalue weighted by molar-refractivity contribution is 0.368. The monoisotopic (exact) mass is 168 g/mol. The van der Waals surface area contributed by atoms with Crippen LogP contribution in [-0.2, 0) is 0 Å². The van der Waals surface area contributed by atoms with E-state index in [2.05, 4.69) is 39.8 Å². The Hall–Kier alpha value is -0.260. The largest absolute Gasteiger partial charge is 0.0914 e. The van der Waals surface area contributed by atoms with Crippen LogP contribution in [-0.4, -0.2) is 0 Å². The van der Waals surface area contributed by atoms with E-state index in [0.29, 0.717) is 0 Å². The first-order chi connectivity index (χ1) is 5.76. The fraction of sp³-hybridized carbons (Fsp3) is 0.833. The number of rotatable bonds is 6. The zero-order valence-corrected chi connectivity index (χ0v) is 9.14. The Morgan fingerprint density at radius 3 is 2.33 bits per heavy atom. The van der Waals surface area contributed by atoms with Crippen LogP contribution in [0.5, 0.6) is 0 Å². The van der Waals surface area contributed by atoms with Gasteiger partial charge in [0.1, 0.15) is 0 Å². The van der Waals surface area contributed by atoms with Gasteiger partial charge in [-0.25, -0.2) is 0 Å². The molecule has 2 atom stereocenters. The molecule has 0 aliphatic carbocycles. The van der Waals surface area contributed by atoms with E-state index < -0.39 is 0 Å². The molecule has 0 heteroatoms. The first-order valence-electron chi connectivity index (χ1n) is 5.39. The molecule has 0 heterocycles. The van der Waals surface area contributed by atoms with E-state index in [1.54, 1.807) is 0 Å². The van der Waals surface area contributed by atoms with Gasteiger partial charge >= 0.3 is 0 Å². The predicted octanol–water partition coefficient (Wildman–Crippen LogP) is 4.42. The molecule has 0 aliphatic heterocycles. The maximum atomic E-state index is 2.34. The van der Waals surface area contributed by atoms with Crippen LogP contribution in [0.4, 0.5) is 0 Å². The Balaban J connectivity index is 3.78. The molecule has 0 saturated carbocycles. The first kappa shape index (κ1) is 11.7. The molecular formula is C12H24. The van der Waals surface area contributed by atoms with Crippen molar-refractivity contribution in [2.75, 3.05) is 0 Å². The summed E-state index contributed by atoms with van der Waals surface area (Å²) in [5.41, 5.74) is 0. The van der Waals surface area contributed by atoms with E-state index in [9.17, 15) is 0 Å². The highest BCUT2D eigenvalue weighted by molar-refractivity contribution is 4.86. The van der Waals surface area contributed by atoms with E-state index in [1.807, 2.05) is 0 Å². The van der Waals surface area contributed by atoms with Gasteiger partial charge in [0.05, 0.1) is 0 Å². The highest BCUT2D eigenvalue weighted by Crippen LogP contribution is 2.22. The Morgan fingerprint density at radius 2 is 1.92 bits per heavy atom. The number of allylic oxidation sites excluding steroid dienone is 2. The van der Waals surface area contributed by atoms with E-state index in [4.69, 9.17) is 0 Å². The summed E-state index contributed by atoms with van der Waals surface area (Å²) in [7, 11) is 0. The van der Waals surface area contributed by atoms with Crippen molar-refractivity contribution in [3.05, 3.63) is 12.2 Å². The molecule has 0 radical (unpaired) electrons. The standard InChI is InChI=1S/C12H24/c1-5-8-10-12(7-3)11(4)9-6-2/h6,9,11-12H,5,7-8,10H2,1-4H3. The maximum Gasteiger partial charge on any atom is -0.0234 e. The van der Waals surface area contributed by atoms with Crippen molar-refractivity contribution in [2.45, 2.75) is 53.4 Å². The van der Waals surface area contributed by atoms with Gasteiger partial charge in [0.15, 0.2) is 0 Å². The smallest absolute Gasteiger partial charge is 0.0234 e.